The Balaban J connectivity index is 2.22. The number of carbonyl (C=O) groups is 2. The summed E-state index contributed by atoms with van der Waals surface area (Å²) in [4.78, 5) is 28.6. The van der Waals surface area contributed by atoms with Crippen LogP contribution in [0.3, 0.4) is 0 Å². The number of nitrogens with zero attached hydrogens (tertiary/aromatic N) is 2. The maximum Gasteiger partial charge on any atom is 0.416 e. The predicted octanol–water partition coefficient (Wildman–Crippen LogP) is 8.05. The molecule has 1 heterocycles. The zero-order valence-electron chi connectivity index (χ0n) is 23.7. The summed E-state index contributed by atoms with van der Waals surface area (Å²) in [6.45, 7) is 4.77. The summed E-state index contributed by atoms with van der Waals surface area (Å²) >= 11 is 1.58. The second-order valence-corrected chi connectivity index (χ2v) is 10.8. The number of fused-ring (bicyclic) bond motifs is 1. The first-order valence-electron chi connectivity index (χ1n) is 13.0. The number of benzene rings is 2. The van der Waals surface area contributed by atoms with Gasteiger partial charge in [-0.05, 0) is 61.4 Å². The molecule has 232 valence electrons. The summed E-state index contributed by atoms with van der Waals surface area (Å²) in [7, 11) is 2.53. The first-order valence-corrected chi connectivity index (χ1v) is 14.2. The van der Waals surface area contributed by atoms with E-state index in [0.717, 1.165) is 23.3 Å². The number of hydrogen-bond acceptors (Lipinski definition) is 6. The standard InChI is InChI=1S/C28H32F6N2O5S/c1-6-41-26(38)36-16(3)8-22(21-11-18(15-42-7-2)24(39-4)13-23(21)36)35(25(37)40-5)14-17-9-19(27(29,30)31)12-20(10-17)28(32,33)34/h9-13,16,22H,6-8,14-15H2,1-5H3/t16-,22+/m1/s1. The first-order chi connectivity index (χ1) is 19.7. The molecule has 42 heavy (non-hydrogen) atoms. The summed E-state index contributed by atoms with van der Waals surface area (Å²) < 4.78 is 97.2. The molecule has 2 aromatic carbocycles. The average molecular weight is 623 g/mol. The van der Waals surface area contributed by atoms with E-state index < -0.39 is 54.3 Å². The SMILES string of the molecule is CCOC(=O)N1c2cc(OC)c(CSCC)cc2[C@@H](N(Cc2cc(C(F)(F)F)cc(C(F)(F)F)c2)C(=O)OC)C[C@H]1C. The lowest BCUT2D eigenvalue weighted by atomic mass is 9.89. The van der Waals surface area contributed by atoms with Crippen LogP contribution in [0.15, 0.2) is 30.3 Å². The maximum absolute atomic E-state index is 13.6. The van der Waals surface area contributed by atoms with Gasteiger partial charge in [0.05, 0.1) is 43.7 Å². The van der Waals surface area contributed by atoms with E-state index in [1.54, 1.807) is 37.7 Å². The third-order valence-electron chi connectivity index (χ3n) is 6.77. The molecule has 0 bridgehead atoms. The van der Waals surface area contributed by atoms with Gasteiger partial charge in [0, 0.05) is 30.0 Å². The number of halogens is 6. The van der Waals surface area contributed by atoms with Crippen molar-refractivity contribution in [1.29, 1.82) is 0 Å². The summed E-state index contributed by atoms with van der Waals surface area (Å²) in [6.07, 6.45) is -11.6. The number of thioether (sulfide) groups is 1. The molecule has 7 nitrogen and oxygen atoms in total. The van der Waals surface area contributed by atoms with E-state index in [-0.39, 0.29) is 24.7 Å². The van der Waals surface area contributed by atoms with Crippen molar-refractivity contribution in [3.8, 4) is 5.75 Å². The number of carbonyl (C=O) groups excluding carboxylic acids is 2. The molecule has 1 aliphatic heterocycles. The molecule has 0 unspecified atom stereocenters. The topological polar surface area (TPSA) is 68.3 Å². The molecule has 2 atom stereocenters. The molecule has 0 N–H and O–H groups in total. The highest BCUT2D eigenvalue weighted by Crippen LogP contribution is 2.45. The highest BCUT2D eigenvalue weighted by atomic mass is 32.2. The van der Waals surface area contributed by atoms with Crippen LogP contribution in [-0.2, 0) is 34.1 Å². The van der Waals surface area contributed by atoms with E-state index in [2.05, 4.69) is 0 Å². The lowest BCUT2D eigenvalue weighted by Gasteiger charge is -2.43. The van der Waals surface area contributed by atoms with Gasteiger partial charge in [-0.2, -0.15) is 38.1 Å². The number of anilines is 1. The van der Waals surface area contributed by atoms with Crippen molar-refractivity contribution in [1.82, 2.24) is 4.90 Å². The highest BCUT2D eigenvalue weighted by Gasteiger charge is 2.41. The maximum atomic E-state index is 13.6. The Bertz CT molecular complexity index is 1250. The van der Waals surface area contributed by atoms with Crippen molar-refractivity contribution in [2.24, 2.45) is 0 Å². The molecule has 0 aliphatic carbocycles. The average Bonchev–Trinajstić information content (AvgIpc) is 2.92. The third-order valence-corrected chi connectivity index (χ3v) is 7.69. The van der Waals surface area contributed by atoms with Gasteiger partial charge in [0.2, 0.25) is 0 Å². The highest BCUT2D eigenvalue weighted by molar-refractivity contribution is 7.98. The number of methoxy groups -OCH3 is 2. The van der Waals surface area contributed by atoms with E-state index in [1.165, 1.54) is 12.0 Å². The molecule has 0 aromatic heterocycles. The molecule has 0 radical (unpaired) electrons. The minimum atomic E-state index is -5.05. The quantitative estimate of drug-likeness (QED) is 0.278. The van der Waals surface area contributed by atoms with E-state index in [9.17, 15) is 35.9 Å². The van der Waals surface area contributed by atoms with Crippen molar-refractivity contribution in [2.75, 3.05) is 31.5 Å². The molecular formula is C28H32F6N2O5S. The van der Waals surface area contributed by atoms with Crippen molar-refractivity contribution in [3.63, 3.8) is 0 Å². The minimum Gasteiger partial charge on any atom is -0.496 e. The third kappa shape index (κ3) is 7.37. The number of rotatable bonds is 8. The molecule has 2 amide bonds. The number of hydrogen-bond donors (Lipinski definition) is 0. The molecule has 3 rings (SSSR count). The Morgan fingerprint density at radius 3 is 2.12 bits per heavy atom. The molecule has 0 saturated carbocycles. The van der Waals surface area contributed by atoms with Gasteiger partial charge in [-0.25, -0.2) is 9.59 Å². The van der Waals surface area contributed by atoms with E-state index in [1.807, 2.05) is 6.92 Å². The molecule has 1 aliphatic rings. The van der Waals surface area contributed by atoms with Gasteiger partial charge in [0.25, 0.3) is 0 Å². The Morgan fingerprint density at radius 2 is 1.62 bits per heavy atom. The zero-order valence-corrected chi connectivity index (χ0v) is 24.5. The van der Waals surface area contributed by atoms with Crippen LogP contribution in [0.4, 0.5) is 41.6 Å². The molecule has 0 spiro atoms. The van der Waals surface area contributed by atoms with Gasteiger partial charge in [0.15, 0.2) is 0 Å². The summed E-state index contributed by atoms with van der Waals surface area (Å²) in [6, 6.07) is 3.10. The van der Waals surface area contributed by atoms with Crippen LogP contribution in [0.1, 0.15) is 61.1 Å². The monoisotopic (exact) mass is 622 g/mol. The lowest BCUT2D eigenvalue weighted by Crippen LogP contribution is -2.47. The Kier molecular flexibility index (Phi) is 10.6. The van der Waals surface area contributed by atoms with E-state index in [4.69, 9.17) is 14.2 Å². The van der Waals surface area contributed by atoms with E-state index >= 15 is 0 Å². The zero-order chi connectivity index (χ0) is 31.4. The number of alkyl halides is 6. The van der Waals surface area contributed by atoms with Gasteiger partial charge in [-0.15, -0.1) is 0 Å². The van der Waals surface area contributed by atoms with Gasteiger partial charge in [-0.3, -0.25) is 9.80 Å². The normalized spacial score (nSPS) is 17.0. The fourth-order valence-corrected chi connectivity index (χ4v) is 5.56. The summed E-state index contributed by atoms with van der Waals surface area (Å²) in [5.74, 6) is 1.75. The van der Waals surface area contributed by atoms with Gasteiger partial charge >= 0.3 is 24.5 Å². The van der Waals surface area contributed by atoms with Crippen LogP contribution >= 0.6 is 11.8 Å². The molecule has 2 aromatic rings. The van der Waals surface area contributed by atoms with Crippen molar-refractivity contribution in [3.05, 3.63) is 58.1 Å². The largest absolute Gasteiger partial charge is 0.496 e. The molecular weight excluding hydrogens is 590 g/mol. The number of amides is 2. The Hall–Kier alpha value is -3.29. The van der Waals surface area contributed by atoms with Crippen LogP contribution in [0.25, 0.3) is 0 Å². The van der Waals surface area contributed by atoms with Crippen molar-refractivity contribution < 1.29 is 50.1 Å². The fraction of sp³-hybridized carbons (Fsp3) is 0.500. The fourth-order valence-electron chi connectivity index (χ4n) is 4.91. The van der Waals surface area contributed by atoms with E-state index in [0.29, 0.717) is 34.9 Å². The minimum absolute atomic E-state index is 0.0329. The molecule has 14 heteroatoms. The predicted molar refractivity (Wildman–Crippen MR) is 146 cm³/mol. The first kappa shape index (κ1) is 33.2. The number of ether oxygens (including phenoxy) is 3. The van der Waals surface area contributed by atoms with Crippen LogP contribution in [0.5, 0.6) is 5.75 Å². The second-order valence-electron chi connectivity index (χ2n) is 9.54. The van der Waals surface area contributed by atoms with Crippen LogP contribution in [-0.4, -0.2) is 49.7 Å². The second kappa shape index (κ2) is 13.3. The van der Waals surface area contributed by atoms with Crippen LogP contribution < -0.4 is 9.64 Å². The Labute approximate surface area is 244 Å². The lowest BCUT2D eigenvalue weighted by molar-refractivity contribution is -0.143. The molecule has 0 saturated heterocycles. The van der Waals surface area contributed by atoms with Gasteiger partial charge < -0.3 is 14.2 Å². The van der Waals surface area contributed by atoms with Crippen molar-refractivity contribution in [2.45, 2.75) is 63.9 Å². The van der Waals surface area contributed by atoms with Crippen LogP contribution in [0.2, 0.25) is 0 Å². The Morgan fingerprint density at radius 1 is 1.00 bits per heavy atom. The molecule has 0 fully saturated rings. The van der Waals surface area contributed by atoms with Gasteiger partial charge in [0.1, 0.15) is 5.75 Å². The smallest absolute Gasteiger partial charge is 0.416 e. The van der Waals surface area contributed by atoms with Crippen molar-refractivity contribution >= 4 is 29.6 Å². The van der Waals surface area contributed by atoms with Gasteiger partial charge in [-0.1, -0.05) is 6.92 Å². The summed E-state index contributed by atoms with van der Waals surface area (Å²) in [5.41, 5.74) is -1.86. The summed E-state index contributed by atoms with van der Waals surface area (Å²) in [5, 5.41) is 0. The van der Waals surface area contributed by atoms with Crippen LogP contribution in [0, 0.1) is 0 Å².